The molecule has 4 nitrogen and oxygen atoms in total. The van der Waals surface area contributed by atoms with Crippen LogP contribution in [0.3, 0.4) is 0 Å². The molecule has 4 heteroatoms. The Balaban J connectivity index is 2.64. The summed E-state index contributed by atoms with van der Waals surface area (Å²) < 4.78 is 0. The van der Waals surface area contributed by atoms with Crippen molar-refractivity contribution in [2.75, 3.05) is 11.9 Å². The highest BCUT2D eigenvalue weighted by Gasteiger charge is 2.04. The number of amides is 1. The van der Waals surface area contributed by atoms with Gasteiger partial charge in [0.2, 0.25) is 5.91 Å². The van der Waals surface area contributed by atoms with Crippen molar-refractivity contribution in [1.29, 1.82) is 0 Å². The monoisotopic (exact) mass is 220 g/mol. The summed E-state index contributed by atoms with van der Waals surface area (Å²) in [5.74, 6) is -0.119. The van der Waals surface area contributed by atoms with Crippen molar-refractivity contribution in [3.8, 4) is 0 Å². The summed E-state index contributed by atoms with van der Waals surface area (Å²) >= 11 is 0. The molecule has 0 bridgehead atoms. The molecule has 0 spiro atoms. The van der Waals surface area contributed by atoms with Crippen molar-refractivity contribution in [3.63, 3.8) is 0 Å². The second-order valence-corrected chi connectivity index (χ2v) is 3.50. The molecule has 0 unspecified atom stereocenters. The number of hydrogen-bond acceptors (Lipinski definition) is 3. The Bertz CT molecular complexity index is 371. The minimum atomic E-state index is -0.105. The summed E-state index contributed by atoms with van der Waals surface area (Å²) in [5.41, 5.74) is 6.51. The normalized spacial score (nSPS) is 9.88. The Kier molecular flexibility index (Phi) is 4.66. The molecule has 1 aromatic carbocycles. The Hall–Kier alpha value is -1.68. The van der Waals surface area contributed by atoms with Crippen LogP contribution in [0.1, 0.15) is 30.1 Å². The lowest BCUT2D eigenvalue weighted by Crippen LogP contribution is -2.14. The van der Waals surface area contributed by atoms with Crippen molar-refractivity contribution >= 4 is 17.4 Å². The molecule has 0 radical (unpaired) electrons. The third kappa shape index (κ3) is 3.47. The predicted molar refractivity (Wildman–Crippen MR) is 63.4 cm³/mol. The molecule has 16 heavy (non-hydrogen) atoms. The van der Waals surface area contributed by atoms with Crippen molar-refractivity contribution in [2.24, 2.45) is 5.73 Å². The highest BCUT2D eigenvalue weighted by Crippen LogP contribution is 2.10. The molecule has 1 rings (SSSR count). The van der Waals surface area contributed by atoms with Crippen LogP contribution in [0.2, 0.25) is 0 Å². The van der Waals surface area contributed by atoms with E-state index in [2.05, 4.69) is 5.32 Å². The maximum absolute atomic E-state index is 11.3. The van der Waals surface area contributed by atoms with E-state index in [0.717, 1.165) is 6.42 Å². The van der Waals surface area contributed by atoms with Crippen LogP contribution in [0.25, 0.3) is 0 Å². The van der Waals surface area contributed by atoms with Gasteiger partial charge in [0.1, 0.15) is 0 Å². The van der Waals surface area contributed by atoms with Crippen molar-refractivity contribution in [1.82, 2.24) is 0 Å². The van der Waals surface area contributed by atoms with E-state index in [1.165, 1.54) is 0 Å². The Labute approximate surface area is 94.8 Å². The maximum Gasteiger partial charge on any atom is 0.224 e. The lowest BCUT2D eigenvalue weighted by Gasteiger charge is -2.04. The van der Waals surface area contributed by atoms with Crippen LogP contribution in [0.15, 0.2) is 24.3 Å². The van der Waals surface area contributed by atoms with Gasteiger partial charge < -0.3 is 11.1 Å². The number of carbonyl (C=O) groups excluding carboxylic acids is 2. The molecule has 1 aromatic rings. The summed E-state index contributed by atoms with van der Waals surface area (Å²) in [7, 11) is 0. The summed E-state index contributed by atoms with van der Waals surface area (Å²) in [6.07, 6.45) is 1.32. The maximum atomic E-state index is 11.3. The number of nitrogens with two attached hydrogens (primary N) is 1. The molecule has 0 atom stereocenters. The van der Waals surface area contributed by atoms with E-state index < -0.39 is 0 Å². The smallest absolute Gasteiger partial charge is 0.224 e. The largest absolute Gasteiger partial charge is 0.326 e. The van der Waals surface area contributed by atoms with Gasteiger partial charge in [-0.2, -0.15) is 0 Å². The third-order valence-electron chi connectivity index (χ3n) is 2.15. The van der Waals surface area contributed by atoms with Gasteiger partial charge in [-0.15, -0.1) is 0 Å². The van der Waals surface area contributed by atoms with Gasteiger partial charge in [0.25, 0.3) is 0 Å². The van der Waals surface area contributed by atoms with Crippen molar-refractivity contribution < 1.29 is 9.59 Å². The van der Waals surface area contributed by atoms with Crippen LogP contribution >= 0.6 is 0 Å². The summed E-state index contributed by atoms with van der Waals surface area (Å²) in [5, 5.41) is 2.75. The number of anilines is 1. The van der Waals surface area contributed by atoms with E-state index in [4.69, 9.17) is 5.73 Å². The van der Waals surface area contributed by atoms with Gasteiger partial charge in [-0.3, -0.25) is 9.59 Å². The summed E-state index contributed by atoms with van der Waals surface area (Å²) in [6, 6.07) is 6.74. The van der Waals surface area contributed by atoms with Gasteiger partial charge in [-0.1, -0.05) is 6.92 Å². The average molecular weight is 220 g/mol. The van der Waals surface area contributed by atoms with Crippen LogP contribution in [0.5, 0.6) is 0 Å². The first kappa shape index (κ1) is 12.4. The van der Waals surface area contributed by atoms with E-state index in [-0.39, 0.29) is 18.2 Å². The number of rotatable bonds is 5. The number of ketones is 1. The molecule has 0 aliphatic rings. The second kappa shape index (κ2) is 6.02. The van der Waals surface area contributed by atoms with Crippen LogP contribution in [0.4, 0.5) is 5.69 Å². The van der Waals surface area contributed by atoms with Crippen molar-refractivity contribution in [2.45, 2.75) is 19.8 Å². The van der Waals surface area contributed by atoms with E-state index >= 15 is 0 Å². The molecule has 0 aliphatic heterocycles. The minimum absolute atomic E-state index is 0.00153. The second-order valence-electron chi connectivity index (χ2n) is 3.50. The van der Waals surface area contributed by atoms with Crippen LogP contribution in [-0.4, -0.2) is 18.2 Å². The summed E-state index contributed by atoms with van der Waals surface area (Å²) in [6.45, 7) is 1.95. The molecular formula is C12H16N2O2. The number of nitrogens with one attached hydrogen (secondary N) is 1. The zero-order valence-electron chi connectivity index (χ0n) is 9.32. The predicted octanol–water partition coefficient (Wildman–Crippen LogP) is 1.57. The van der Waals surface area contributed by atoms with E-state index in [1.807, 2.05) is 6.92 Å². The lowest BCUT2D eigenvalue weighted by atomic mass is 10.1. The van der Waals surface area contributed by atoms with Gasteiger partial charge in [0.15, 0.2) is 5.78 Å². The van der Waals surface area contributed by atoms with E-state index in [1.54, 1.807) is 24.3 Å². The van der Waals surface area contributed by atoms with E-state index in [9.17, 15) is 9.59 Å². The molecular weight excluding hydrogens is 204 g/mol. The van der Waals surface area contributed by atoms with Gasteiger partial charge in [-0.25, -0.2) is 0 Å². The number of hydrogen-bond donors (Lipinski definition) is 2. The van der Waals surface area contributed by atoms with Gasteiger partial charge in [0, 0.05) is 17.7 Å². The Morgan fingerprint density at radius 1 is 1.25 bits per heavy atom. The Morgan fingerprint density at radius 3 is 2.38 bits per heavy atom. The van der Waals surface area contributed by atoms with Crippen molar-refractivity contribution in [3.05, 3.63) is 29.8 Å². The first-order valence-electron chi connectivity index (χ1n) is 5.30. The standard InChI is InChI=1S/C12H16N2O2/c1-2-3-12(16)14-10-6-4-9(5-7-10)11(15)8-13/h4-7H,2-3,8,13H2,1H3,(H,14,16). The Morgan fingerprint density at radius 2 is 1.88 bits per heavy atom. The van der Waals surface area contributed by atoms with Gasteiger partial charge in [-0.05, 0) is 30.7 Å². The molecule has 0 saturated heterocycles. The fraction of sp³-hybridized carbons (Fsp3) is 0.333. The fourth-order valence-electron chi connectivity index (χ4n) is 1.31. The number of carbonyl (C=O) groups is 2. The van der Waals surface area contributed by atoms with Gasteiger partial charge >= 0.3 is 0 Å². The number of Topliss-reactive ketones (excluding diaryl/α,β-unsaturated/α-hetero) is 1. The SMILES string of the molecule is CCCC(=O)Nc1ccc(C(=O)CN)cc1. The topological polar surface area (TPSA) is 72.2 Å². The third-order valence-corrected chi connectivity index (χ3v) is 2.15. The van der Waals surface area contributed by atoms with Crippen LogP contribution in [-0.2, 0) is 4.79 Å². The average Bonchev–Trinajstić information content (AvgIpc) is 2.29. The number of benzene rings is 1. The van der Waals surface area contributed by atoms with Crippen LogP contribution < -0.4 is 11.1 Å². The molecule has 0 aliphatic carbocycles. The minimum Gasteiger partial charge on any atom is -0.326 e. The zero-order chi connectivity index (χ0) is 12.0. The molecule has 0 saturated carbocycles. The van der Waals surface area contributed by atoms with Crippen LogP contribution in [0, 0.1) is 0 Å². The molecule has 3 N–H and O–H groups in total. The summed E-state index contributed by atoms with van der Waals surface area (Å²) in [4.78, 5) is 22.5. The highest BCUT2D eigenvalue weighted by molar-refractivity contribution is 5.98. The highest BCUT2D eigenvalue weighted by atomic mass is 16.1. The molecule has 0 fully saturated rings. The molecule has 0 heterocycles. The first-order valence-corrected chi connectivity index (χ1v) is 5.30. The van der Waals surface area contributed by atoms with Gasteiger partial charge in [0.05, 0.1) is 6.54 Å². The van der Waals surface area contributed by atoms with E-state index in [0.29, 0.717) is 17.7 Å². The lowest BCUT2D eigenvalue weighted by molar-refractivity contribution is -0.116. The molecule has 86 valence electrons. The fourth-order valence-corrected chi connectivity index (χ4v) is 1.31. The molecule has 1 amide bonds. The zero-order valence-corrected chi connectivity index (χ0v) is 9.32. The molecule has 0 aromatic heterocycles. The quantitative estimate of drug-likeness (QED) is 0.740. The first-order chi connectivity index (χ1) is 7.67.